The van der Waals surface area contributed by atoms with Gasteiger partial charge in [-0.15, -0.1) is 0 Å². The van der Waals surface area contributed by atoms with Gasteiger partial charge in [-0.05, 0) is 24.0 Å². The molecule has 2 nitrogen and oxygen atoms in total. The highest BCUT2D eigenvalue weighted by atomic mass is 16.3. The first-order valence-corrected chi connectivity index (χ1v) is 7.32. The molecule has 0 saturated carbocycles. The number of hydrogen-bond donors (Lipinski definition) is 1. The fourth-order valence-electron chi connectivity index (χ4n) is 2.78. The third-order valence-corrected chi connectivity index (χ3v) is 3.97. The summed E-state index contributed by atoms with van der Waals surface area (Å²) in [6.45, 7) is 2.15. The Hall–Kier alpha value is -2.19. The molecule has 0 saturated heterocycles. The molecule has 0 bridgehead atoms. The van der Waals surface area contributed by atoms with E-state index in [1.54, 1.807) is 6.20 Å². The summed E-state index contributed by atoms with van der Waals surface area (Å²) < 4.78 is 0. The molecular weight excluding hydrogens is 258 g/mol. The van der Waals surface area contributed by atoms with Crippen LogP contribution in [0.25, 0.3) is 10.9 Å². The van der Waals surface area contributed by atoms with E-state index < -0.39 is 6.10 Å². The van der Waals surface area contributed by atoms with E-state index in [4.69, 9.17) is 0 Å². The summed E-state index contributed by atoms with van der Waals surface area (Å²) in [5, 5.41) is 11.7. The van der Waals surface area contributed by atoms with Crippen LogP contribution in [0, 0.1) is 0 Å². The Balaban J connectivity index is 1.86. The minimum absolute atomic E-state index is 0.306. The van der Waals surface area contributed by atoms with Crippen LogP contribution in [0.15, 0.2) is 66.9 Å². The number of para-hydroxylation sites is 1. The number of aliphatic hydroxyl groups excluding tert-OH is 1. The van der Waals surface area contributed by atoms with E-state index in [0.717, 1.165) is 16.5 Å². The van der Waals surface area contributed by atoms with Crippen LogP contribution in [0.3, 0.4) is 0 Å². The quantitative estimate of drug-likeness (QED) is 0.763. The number of benzene rings is 2. The Kier molecular flexibility index (Phi) is 3.98. The van der Waals surface area contributed by atoms with Crippen molar-refractivity contribution in [2.45, 2.75) is 25.4 Å². The van der Waals surface area contributed by atoms with Gasteiger partial charge in [-0.25, -0.2) is 0 Å². The molecule has 3 aromatic rings. The molecular formula is C19H19NO. The maximum atomic E-state index is 10.6. The molecule has 1 aromatic heterocycles. The van der Waals surface area contributed by atoms with Gasteiger partial charge >= 0.3 is 0 Å². The predicted octanol–water partition coefficient (Wildman–Crippen LogP) is 4.46. The molecule has 2 aromatic carbocycles. The number of fused-ring (bicyclic) bond motifs is 1. The smallest absolute Gasteiger partial charge is 0.0816 e. The fraction of sp³-hybridized carbons (Fsp3) is 0.211. The molecule has 2 unspecified atom stereocenters. The van der Waals surface area contributed by atoms with Crippen LogP contribution in [0.2, 0.25) is 0 Å². The van der Waals surface area contributed by atoms with Crippen molar-refractivity contribution in [1.82, 2.24) is 4.98 Å². The van der Waals surface area contributed by atoms with Crippen LogP contribution in [-0.2, 0) is 0 Å². The Morgan fingerprint density at radius 3 is 2.52 bits per heavy atom. The minimum Gasteiger partial charge on any atom is -0.388 e. The predicted molar refractivity (Wildman–Crippen MR) is 86.2 cm³/mol. The second-order valence-corrected chi connectivity index (χ2v) is 5.49. The van der Waals surface area contributed by atoms with Gasteiger partial charge in [0.25, 0.3) is 0 Å². The van der Waals surface area contributed by atoms with Crippen molar-refractivity contribution < 1.29 is 5.11 Å². The monoisotopic (exact) mass is 277 g/mol. The molecule has 0 spiro atoms. The van der Waals surface area contributed by atoms with Gasteiger partial charge in [-0.1, -0.05) is 61.5 Å². The average molecular weight is 277 g/mol. The van der Waals surface area contributed by atoms with Crippen LogP contribution in [0.5, 0.6) is 0 Å². The second kappa shape index (κ2) is 6.06. The van der Waals surface area contributed by atoms with Gasteiger partial charge in [0.05, 0.1) is 11.6 Å². The Morgan fingerprint density at radius 2 is 1.71 bits per heavy atom. The summed E-state index contributed by atoms with van der Waals surface area (Å²) in [6.07, 6.45) is 1.97. The lowest BCUT2D eigenvalue weighted by molar-refractivity contribution is 0.161. The molecule has 0 aliphatic carbocycles. The number of nitrogens with zero attached hydrogens (tertiary/aromatic N) is 1. The van der Waals surface area contributed by atoms with Crippen molar-refractivity contribution in [3.8, 4) is 0 Å². The SMILES string of the molecule is CC(CC(O)c1cccc2cccnc12)c1ccccc1. The lowest BCUT2D eigenvalue weighted by Crippen LogP contribution is -2.04. The molecule has 1 N–H and O–H groups in total. The third-order valence-electron chi connectivity index (χ3n) is 3.97. The summed E-state index contributed by atoms with van der Waals surface area (Å²) in [4.78, 5) is 4.42. The Labute approximate surface area is 125 Å². The standard InChI is InChI=1S/C19H19NO/c1-14(15-7-3-2-4-8-15)13-18(21)17-11-5-9-16-10-6-12-20-19(16)17/h2-12,14,18,21H,13H2,1H3. The molecule has 106 valence electrons. The van der Waals surface area contributed by atoms with Gasteiger partial charge < -0.3 is 5.11 Å². The van der Waals surface area contributed by atoms with Crippen LogP contribution >= 0.6 is 0 Å². The second-order valence-electron chi connectivity index (χ2n) is 5.49. The van der Waals surface area contributed by atoms with Crippen molar-refractivity contribution >= 4 is 10.9 Å². The first kappa shape index (κ1) is 13.8. The van der Waals surface area contributed by atoms with Crippen LogP contribution in [-0.4, -0.2) is 10.1 Å². The number of aromatic nitrogens is 1. The molecule has 2 heteroatoms. The fourth-order valence-corrected chi connectivity index (χ4v) is 2.78. The molecule has 0 fully saturated rings. The minimum atomic E-state index is -0.501. The molecule has 0 aliphatic rings. The zero-order valence-corrected chi connectivity index (χ0v) is 12.1. The largest absolute Gasteiger partial charge is 0.388 e. The van der Waals surface area contributed by atoms with Crippen molar-refractivity contribution in [2.24, 2.45) is 0 Å². The van der Waals surface area contributed by atoms with Crippen LogP contribution < -0.4 is 0 Å². The highest BCUT2D eigenvalue weighted by molar-refractivity contribution is 5.81. The lowest BCUT2D eigenvalue weighted by atomic mass is 9.91. The highest BCUT2D eigenvalue weighted by Crippen LogP contribution is 2.30. The number of rotatable bonds is 4. The molecule has 0 aliphatic heterocycles. The van der Waals surface area contributed by atoms with Gasteiger partial charge in [0.15, 0.2) is 0 Å². The van der Waals surface area contributed by atoms with E-state index in [2.05, 4.69) is 24.0 Å². The van der Waals surface area contributed by atoms with Crippen LogP contribution in [0.1, 0.15) is 36.5 Å². The topological polar surface area (TPSA) is 33.1 Å². The number of pyridine rings is 1. The first-order chi connectivity index (χ1) is 10.3. The number of hydrogen-bond acceptors (Lipinski definition) is 2. The molecule has 3 rings (SSSR count). The molecule has 0 amide bonds. The van der Waals surface area contributed by atoms with E-state index in [9.17, 15) is 5.11 Å². The van der Waals surface area contributed by atoms with E-state index in [1.807, 2.05) is 48.5 Å². The summed E-state index contributed by atoms with van der Waals surface area (Å²) in [6, 6.07) is 20.2. The van der Waals surface area contributed by atoms with E-state index >= 15 is 0 Å². The maximum Gasteiger partial charge on any atom is 0.0816 e. The van der Waals surface area contributed by atoms with E-state index in [0.29, 0.717) is 12.3 Å². The van der Waals surface area contributed by atoms with Gasteiger partial charge in [0, 0.05) is 17.1 Å². The average Bonchev–Trinajstić information content (AvgIpc) is 2.55. The first-order valence-electron chi connectivity index (χ1n) is 7.32. The molecule has 0 radical (unpaired) electrons. The maximum absolute atomic E-state index is 10.6. The van der Waals surface area contributed by atoms with Crippen LogP contribution in [0.4, 0.5) is 0 Å². The van der Waals surface area contributed by atoms with E-state index in [-0.39, 0.29) is 0 Å². The molecule has 21 heavy (non-hydrogen) atoms. The lowest BCUT2D eigenvalue weighted by Gasteiger charge is -2.18. The zero-order chi connectivity index (χ0) is 14.7. The van der Waals surface area contributed by atoms with Gasteiger partial charge in [-0.2, -0.15) is 0 Å². The highest BCUT2D eigenvalue weighted by Gasteiger charge is 2.16. The summed E-state index contributed by atoms with van der Waals surface area (Å²) in [7, 11) is 0. The number of aliphatic hydroxyl groups is 1. The van der Waals surface area contributed by atoms with Crippen molar-refractivity contribution in [1.29, 1.82) is 0 Å². The summed E-state index contributed by atoms with van der Waals surface area (Å²) in [5.41, 5.74) is 3.06. The Bertz CT molecular complexity index is 718. The summed E-state index contributed by atoms with van der Waals surface area (Å²) in [5.74, 6) is 0.306. The van der Waals surface area contributed by atoms with E-state index in [1.165, 1.54) is 5.56 Å². The normalized spacial score (nSPS) is 14.0. The van der Waals surface area contributed by atoms with Crippen molar-refractivity contribution in [3.05, 3.63) is 78.0 Å². The van der Waals surface area contributed by atoms with Gasteiger partial charge in [0.1, 0.15) is 0 Å². The zero-order valence-electron chi connectivity index (χ0n) is 12.1. The molecule has 2 atom stereocenters. The summed E-state index contributed by atoms with van der Waals surface area (Å²) >= 11 is 0. The third kappa shape index (κ3) is 2.96. The van der Waals surface area contributed by atoms with Crippen molar-refractivity contribution in [2.75, 3.05) is 0 Å². The molecule has 1 heterocycles. The van der Waals surface area contributed by atoms with Gasteiger partial charge in [0.2, 0.25) is 0 Å². The Morgan fingerprint density at radius 1 is 0.952 bits per heavy atom. The van der Waals surface area contributed by atoms with Crippen molar-refractivity contribution in [3.63, 3.8) is 0 Å². The van der Waals surface area contributed by atoms with Gasteiger partial charge in [-0.3, -0.25) is 4.98 Å².